The maximum absolute atomic E-state index is 12.5. The average molecular weight is 217 g/mol. The van der Waals surface area contributed by atoms with Gasteiger partial charge in [0.15, 0.2) is 0 Å². The van der Waals surface area contributed by atoms with Gasteiger partial charge >= 0.3 is 6.18 Å². The van der Waals surface area contributed by atoms with Crippen molar-refractivity contribution in [3.05, 3.63) is 35.4 Å². The van der Waals surface area contributed by atoms with Crippen LogP contribution >= 0.6 is 0 Å². The van der Waals surface area contributed by atoms with Gasteiger partial charge in [-0.1, -0.05) is 31.2 Å². The second-order valence-corrected chi connectivity index (χ2v) is 3.36. The predicted molar refractivity (Wildman–Crippen MR) is 53.7 cm³/mol. The molecule has 84 valence electrons. The Morgan fingerprint density at radius 3 is 2.07 bits per heavy atom. The molecular weight excluding hydrogens is 203 g/mol. The molecule has 0 amide bonds. The molecule has 1 N–H and O–H groups in total. The summed E-state index contributed by atoms with van der Waals surface area (Å²) in [6.45, 7) is 1.97. The molecule has 1 nitrogen and oxygen atoms in total. The first-order chi connectivity index (χ1) is 6.99. The first kappa shape index (κ1) is 12.0. The summed E-state index contributed by atoms with van der Waals surface area (Å²) in [6, 6.07) is 4.92. The molecule has 1 aromatic rings. The summed E-state index contributed by atoms with van der Waals surface area (Å²) in [7, 11) is 1.31. The van der Waals surface area contributed by atoms with Crippen molar-refractivity contribution in [3.63, 3.8) is 0 Å². The van der Waals surface area contributed by atoms with E-state index in [2.05, 4.69) is 5.32 Å². The first-order valence-corrected chi connectivity index (χ1v) is 4.81. The Morgan fingerprint density at radius 1 is 1.20 bits per heavy atom. The standard InChI is InChI=1S/C11H14F3N/c1-3-8-4-6-9(7-5-8)10(15-2)11(12,13)14/h4-7,10,15H,3H2,1-2H3. The molecule has 0 radical (unpaired) electrons. The van der Waals surface area contributed by atoms with E-state index in [-0.39, 0.29) is 5.56 Å². The SMILES string of the molecule is CCc1ccc(C(NC)C(F)(F)F)cc1. The fourth-order valence-electron chi connectivity index (χ4n) is 1.47. The second kappa shape index (κ2) is 4.66. The van der Waals surface area contributed by atoms with Crippen LogP contribution < -0.4 is 5.32 Å². The van der Waals surface area contributed by atoms with Gasteiger partial charge in [0.25, 0.3) is 0 Å². The third kappa shape index (κ3) is 2.96. The number of aryl methyl sites for hydroxylation is 1. The van der Waals surface area contributed by atoms with Crippen LogP contribution in [0.15, 0.2) is 24.3 Å². The zero-order valence-electron chi connectivity index (χ0n) is 8.73. The van der Waals surface area contributed by atoms with E-state index in [1.165, 1.54) is 19.2 Å². The Kier molecular flexibility index (Phi) is 3.74. The third-order valence-electron chi connectivity index (χ3n) is 2.34. The largest absolute Gasteiger partial charge is 0.407 e. The summed E-state index contributed by atoms with van der Waals surface area (Å²) >= 11 is 0. The van der Waals surface area contributed by atoms with Crippen LogP contribution in [-0.4, -0.2) is 13.2 Å². The van der Waals surface area contributed by atoms with E-state index in [0.29, 0.717) is 0 Å². The summed E-state index contributed by atoms with van der Waals surface area (Å²) in [5, 5.41) is 2.27. The van der Waals surface area contributed by atoms with Crippen LogP contribution in [0.5, 0.6) is 0 Å². The number of halogens is 3. The number of hydrogen-bond acceptors (Lipinski definition) is 1. The summed E-state index contributed by atoms with van der Waals surface area (Å²) in [5.41, 5.74) is 1.29. The van der Waals surface area contributed by atoms with E-state index in [9.17, 15) is 13.2 Å². The van der Waals surface area contributed by atoms with Crippen molar-refractivity contribution < 1.29 is 13.2 Å². The van der Waals surface area contributed by atoms with Crippen LogP contribution in [0.2, 0.25) is 0 Å². The van der Waals surface area contributed by atoms with Gasteiger partial charge in [0, 0.05) is 0 Å². The molecule has 0 saturated carbocycles. The van der Waals surface area contributed by atoms with Crippen molar-refractivity contribution in [2.24, 2.45) is 0 Å². The van der Waals surface area contributed by atoms with E-state index in [1.54, 1.807) is 12.1 Å². The third-order valence-corrected chi connectivity index (χ3v) is 2.34. The van der Waals surface area contributed by atoms with Gasteiger partial charge in [0.1, 0.15) is 6.04 Å². The molecule has 0 aliphatic rings. The van der Waals surface area contributed by atoms with E-state index in [0.717, 1.165) is 12.0 Å². The minimum atomic E-state index is -4.25. The number of rotatable bonds is 3. The van der Waals surface area contributed by atoms with Gasteiger partial charge in [0.05, 0.1) is 0 Å². The van der Waals surface area contributed by atoms with Gasteiger partial charge in [-0.2, -0.15) is 13.2 Å². The van der Waals surface area contributed by atoms with Gasteiger partial charge in [-0.3, -0.25) is 0 Å². The molecule has 15 heavy (non-hydrogen) atoms. The highest BCUT2D eigenvalue weighted by Crippen LogP contribution is 2.32. The van der Waals surface area contributed by atoms with E-state index in [1.807, 2.05) is 6.92 Å². The molecule has 0 aliphatic heterocycles. The van der Waals surface area contributed by atoms with E-state index >= 15 is 0 Å². The lowest BCUT2D eigenvalue weighted by atomic mass is 10.0. The first-order valence-electron chi connectivity index (χ1n) is 4.81. The van der Waals surface area contributed by atoms with Gasteiger partial charge in [-0.25, -0.2) is 0 Å². The van der Waals surface area contributed by atoms with Crippen LogP contribution in [0.3, 0.4) is 0 Å². The molecule has 0 spiro atoms. The lowest BCUT2D eigenvalue weighted by Gasteiger charge is -2.20. The molecule has 0 saturated heterocycles. The highest BCUT2D eigenvalue weighted by Gasteiger charge is 2.39. The Morgan fingerprint density at radius 2 is 1.73 bits per heavy atom. The minimum Gasteiger partial charge on any atom is -0.306 e. The Balaban J connectivity index is 2.93. The number of benzene rings is 1. The fourth-order valence-corrected chi connectivity index (χ4v) is 1.47. The lowest BCUT2D eigenvalue weighted by Crippen LogP contribution is -2.31. The van der Waals surface area contributed by atoms with E-state index in [4.69, 9.17) is 0 Å². The zero-order valence-corrected chi connectivity index (χ0v) is 8.73. The Labute approximate surface area is 87.3 Å². The molecule has 1 atom stereocenters. The average Bonchev–Trinajstić information content (AvgIpc) is 2.18. The maximum atomic E-state index is 12.5. The smallest absolute Gasteiger partial charge is 0.306 e. The van der Waals surface area contributed by atoms with Crippen LogP contribution in [0, 0.1) is 0 Å². The molecule has 0 aromatic heterocycles. The normalized spacial score (nSPS) is 13.9. The number of nitrogens with one attached hydrogen (secondary N) is 1. The van der Waals surface area contributed by atoms with Gasteiger partial charge < -0.3 is 5.32 Å². The molecule has 1 rings (SSSR count). The fraction of sp³-hybridized carbons (Fsp3) is 0.455. The van der Waals surface area contributed by atoms with Gasteiger partial charge in [-0.15, -0.1) is 0 Å². The molecule has 0 bridgehead atoms. The second-order valence-electron chi connectivity index (χ2n) is 3.36. The summed E-state index contributed by atoms with van der Waals surface area (Å²) < 4.78 is 37.6. The summed E-state index contributed by atoms with van der Waals surface area (Å²) in [6.07, 6.45) is -3.42. The van der Waals surface area contributed by atoms with E-state index < -0.39 is 12.2 Å². The predicted octanol–water partition coefficient (Wildman–Crippen LogP) is 3.07. The van der Waals surface area contributed by atoms with Crippen molar-refractivity contribution in [1.82, 2.24) is 5.32 Å². The highest BCUT2D eigenvalue weighted by molar-refractivity contribution is 5.25. The lowest BCUT2D eigenvalue weighted by molar-refractivity contribution is -0.156. The van der Waals surface area contributed by atoms with Gasteiger partial charge in [0.2, 0.25) is 0 Å². The minimum absolute atomic E-state index is 0.252. The van der Waals surface area contributed by atoms with Crippen LogP contribution in [0.4, 0.5) is 13.2 Å². The zero-order chi connectivity index (χ0) is 11.5. The van der Waals surface area contributed by atoms with Gasteiger partial charge in [-0.05, 0) is 24.6 Å². The molecule has 0 heterocycles. The maximum Gasteiger partial charge on any atom is 0.407 e. The summed E-state index contributed by atoms with van der Waals surface area (Å²) in [4.78, 5) is 0. The van der Waals surface area contributed by atoms with Crippen LogP contribution in [0.25, 0.3) is 0 Å². The molecule has 0 aliphatic carbocycles. The van der Waals surface area contributed by atoms with Crippen molar-refractivity contribution >= 4 is 0 Å². The monoisotopic (exact) mass is 217 g/mol. The number of hydrogen-bond donors (Lipinski definition) is 1. The van der Waals surface area contributed by atoms with Crippen molar-refractivity contribution in [2.45, 2.75) is 25.6 Å². The molecule has 4 heteroatoms. The Hall–Kier alpha value is -1.03. The molecule has 0 fully saturated rings. The molecular formula is C11H14F3N. The van der Waals surface area contributed by atoms with Crippen molar-refractivity contribution in [3.8, 4) is 0 Å². The molecule has 1 aromatic carbocycles. The number of alkyl halides is 3. The van der Waals surface area contributed by atoms with Crippen LogP contribution in [-0.2, 0) is 6.42 Å². The highest BCUT2D eigenvalue weighted by atomic mass is 19.4. The van der Waals surface area contributed by atoms with Crippen molar-refractivity contribution in [1.29, 1.82) is 0 Å². The Bertz CT molecular complexity index is 303. The molecule has 1 unspecified atom stereocenters. The van der Waals surface area contributed by atoms with Crippen molar-refractivity contribution in [2.75, 3.05) is 7.05 Å². The topological polar surface area (TPSA) is 12.0 Å². The van der Waals surface area contributed by atoms with Crippen LogP contribution in [0.1, 0.15) is 24.1 Å². The quantitative estimate of drug-likeness (QED) is 0.820. The summed E-state index contributed by atoms with van der Waals surface area (Å²) in [5.74, 6) is 0.